The largest absolute Gasteiger partial charge is 0.486 e. The first-order valence-corrected chi connectivity index (χ1v) is 7.87. The maximum atomic E-state index is 9.22. The van der Waals surface area contributed by atoms with Crippen molar-refractivity contribution in [1.82, 2.24) is 4.98 Å². The molecule has 2 rings (SSSR count). The first-order chi connectivity index (χ1) is 9.94. The number of aromatic nitrogens is 1. The lowest BCUT2D eigenvalue weighted by atomic mass is 9.91. The summed E-state index contributed by atoms with van der Waals surface area (Å²) in [4.78, 5) is 5.25. The molecule has 21 heavy (non-hydrogen) atoms. The summed E-state index contributed by atoms with van der Waals surface area (Å²) in [5.74, 6) is 0.832. The van der Waals surface area contributed by atoms with Gasteiger partial charge in [0.05, 0.1) is 5.69 Å². The lowest BCUT2D eigenvalue weighted by Gasteiger charge is -2.15. The summed E-state index contributed by atoms with van der Waals surface area (Å²) in [7, 11) is 0. The summed E-state index contributed by atoms with van der Waals surface area (Å²) in [6, 6.07) is 10.3. The minimum atomic E-state index is -0.122. The van der Waals surface area contributed by atoms with E-state index < -0.39 is 0 Å². The van der Waals surface area contributed by atoms with Crippen LogP contribution in [0, 0.1) is 11.3 Å². The number of benzene rings is 1. The second-order valence-corrected chi connectivity index (χ2v) is 7.02. The summed E-state index contributed by atoms with van der Waals surface area (Å²) in [5.41, 5.74) is 2.02. The molecule has 0 unspecified atom stereocenters. The van der Waals surface area contributed by atoms with Crippen LogP contribution in [0.5, 0.6) is 5.75 Å². The summed E-state index contributed by atoms with van der Waals surface area (Å²) in [6.07, 6.45) is 1.02. The zero-order chi connectivity index (χ0) is 15.5. The van der Waals surface area contributed by atoms with Crippen LogP contribution in [-0.4, -0.2) is 4.98 Å². The van der Waals surface area contributed by atoms with E-state index in [-0.39, 0.29) is 5.41 Å². The van der Waals surface area contributed by atoms with Gasteiger partial charge in [0.25, 0.3) is 0 Å². The molecule has 0 fully saturated rings. The minimum absolute atomic E-state index is 0.122. The number of thiazole rings is 1. The van der Waals surface area contributed by atoms with Crippen molar-refractivity contribution in [2.24, 2.45) is 0 Å². The van der Waals surface area contributed by atoms with Crippen molar-refractivity contribution in [1.29, 1.82) is 5.26 Å². The molecule has 0 aliphatic carbocycles. The van der Waals surface area contributed by atoms with E-state index in [9.17, 15) is 5.26 Å². The Morgan fingerprint density at radius 2 is 1.90 bits per heavy atom. The molecule has 1 aromatic carbocycles. The quantitative estimate of drug-likeness (QED) is 0.837. The van der Waals surface area contributed by atoms with Gasteiger partial charge < -0.3 is 4.74 Å². The Morgan fingerprint density at radius 1 is 1.24 bits per heavy atom. The highest BCUT2D eigenvalue weighted by molar-refractivity contribution is 7.12. The molecule has 0 aliphatic heterocycles. The SMILES string of the molecule is CCc1ccc(OCc2nc(C(C)(C)C)c(C#N)s2)cc1. The van der Waals surface area contributed by atoms with Crippen molar-refractivity contribution in [3.8, 4) is 11.8 Å². The number of nitrogens with zero attached hydrogens (tertiary/aromatic N) is 2. The summed E-state index contributed by atoms with van der Waals surface area (Å²) >= 11 is 1.42. The van der Waals surface area contributed by atoms with E-state index in [2.05, 4.69) is 50.9 Å². The molecule has 110 valence electrons. The van der Waals surface area contributed by atoms with Crippen molar-refractivity contribution >= 4 is 11.3 Å². The van der Waals surface area contributed by atoms with Crippen molar-refractivity contribution in [2.45, 2.75) is 46.1 Å². The zero-order valence-electron chi connectivity index (χ0n) is 12.9. The highest BCUT2D eigenvalue weighted by atomic mass is 32.1. The van der Waals surface area contributed by atoms with Crippen LogP contribution in [0.4, 0.5) is 0 Å². The molecule has 0 atom stereocenters. The van der Waals surface area contributed by atoms with Gasteiger partial charge in [-0.25, -0.2) is 4.98 Å². The molecule has 0 spiro atoms. The Bertz CT molecular complexity index is 645. The van der Waals surface area contributed by atoms with Crippen LogP contribution in [0.15, 0.2) is 24.3 Å². The van der Waals surface area contributed by atoms with Crippen molar-refractivity contribution in [3.05, 3.63) is 45.4 Å². The lowest BCUT2D eigenvalue weighted by Crippen LogP contribution is -2.13. The Hall–Kier alpha value is -1.86. The molecule has 4 heteroatoms. The fourth-order valence-corrected chi connectivity index (χ4v) is 2.96. The third-order valence-corrected chi connectivity index (χ3v) is 4.11. The summed E-state index contributed by atoms with van der Waals surface area (Å²) < 4.78 is 5.76. The van der Waals surface area contributed by atoms with Crippen molar-refractivity contribution < 1.29 is 4.74 Å². The molecule has 0 bridgehead atoms. The van der Waals surface area contributed by atoms with Gasteiger partial charge in [-0.2, -0.15) is 5.26 Å². The van der Waals surface area contributed by atoms with Crippen LogP contribution in [0.1, 0.15) is 48.8 Å². The predicted octanol–water partition coefficient (Wildman–Crippen LogP) is 4.45. The molecule has 2 aromatic rings. The van der Waals surface area contributed by atoms with Gasteiger partial charge in [0.15, 0.2) is 0 Å². The van der Waals surface area contributed by atoms with Gasteiger partial charge in [-0.05, 0) is 24.1 Å². The number of rotatable bonds is 4. The van der Waals surface area contributed by atoms with E-state index in [4.69, 9.17) is 4.74 Å². The molecule has 1 aromatic heterocycles. The van der Waals surface area contributed by atoms with E-state index in [1.165, 1.54) is 16.9 Å². The number of aryl methyl sites for hydroxylation is 1. The highest BCUT2D eigenvalue weighted by Gasteiger charge is 2.23. The molecular formula is C17H20N2OS. The van der Waals surface area contributed by atoms with Crippen LogP contribution >= 0.6 is 11.3 Å². The van der Waals surface area contributed by atoms with E-state index in [1.807, 2.05) is 12.1 Å². The van der Waals surface area contributed by atoms with E-state index in [0.717, 1.165) is 22.9 Å². The third-order valence-electron chi connectivity index (χ3n) is 3.18. The van der Waals surface area contributed by atoms with Crippen LogP contribution < -0.4 is 4.74 Å². The molecule has 0 amide bonds. The Labute approximate surface area is 130 Å². The van der Waals surface area contributed by atoms with E-state index in [1.54, 1.807) is 0 Å². The fraction of sp³-hybridized carbons (Fsp3) is 0.412. The normalized spacial score (nSPS) is 11.2. The van der Waals surface area contributed by atoms with Gasteiger partial charge in [0.2, 0.25) is 0 Å². The van der Waals surface area contributed by atoms with Crippen molar-refractivity contribution in [2.75, 3.05) is 0 Å². The average Bonchev–Trinajstić information content (AvgIpc) is 2.89. The minimum Gasteiger partial charge on any atom is -0.486 e. The molecule has 0 saturated heterocycles. The van der Waals surface area contributed by atoms with Crippen LogP contribution in [-0.2, 0) is 18.4 Å². The second-order valence-electron chi connectivity index (χ2n) is 5.93. The summed E-state index contributed by atoms with van der Waals surface area (Å²) in [6.45, 7) is 8.73. The third kappa shape index (κ3) is 3.83. The van der Waals surface area contributed by atoms with Crippen molar-refractivity contribution in [3.63, 3.8) is 0 Å². The molecule has 3 nitrogen and oxygen atoms in total. The topological polar surface area (TPSA) is 45.9 Å². The average molecular weight is 300 g/mol. The Balaban J connectivity index is 2.10. The number of hydrogen-bond donors (Lipinski definition) is 0. The smallest absolute Gasteiger partial charge is 0.140 e. The standard InChI is InChI=1S/C17H20N2OS/c1-5-12-6-8-13(9-7-12)20-11-15-19-16(17(2,3)4)14(10-18)21-15/h6-9H,5,11H2,1-4H3. The lowest BCUT2D eigenvalue weighted by molar-refractivity contribution is 0.305. The van der Waals surface area contributed by atoms with Gasteiger partial charge >= 0.3 is 0 Å². The molecular weight excluding hydrogens is 280 g/mol. The van der Waals surface area contributed by atoms with Gasteiger partial charge in [0, 0.05) is 5.41 Å². The molecule has 1 heterocycles. The zero-order valence-corrected chi connectivity index (χ0v) is 13.8. The molecule has 0 aliphatic rings. The second kappa shape index (κ2) is 6.28. The van der Waals surface area contributed by atoms with Crippen LogP contribution in [0.3, 0.4) is 0 Å². The van der Waals surface area contributed by atoms with Crippen LogP contribution in [0.25, 0.3) is 0 Å². The fourth-order valence-electron chi connectivity index (χ4n) is 1.98. The van der Waals surface area contributed by atoms with Gasteiger partial charge in [-0.1, -0.05) is 39.8 Å². The predicted molar refractivity (Wildman–Crippen MR) is 85.7 cm³/mol. The number of nitriles is 1. The maximum absolute atomic E-state index is 9.22. The van der Waals surface area contributed by atoms with Gasteiger partial charge in [-0.3, -0.25) is 0 Å². The summed E-state index contributed by atoms with van der Waals surface area (Å²) in [5, 5.41) is 10.1. The molecule has 0 saturated carbocycles. The molecule has 0 radical (unpaired) electrons. The van der Waals surface area contributed by atoms with E-state index >= 15 is 0 Å². The van der Waals surface area contributed by atoms with Gasteiger partial charge in [-0.15, -0.1) is 11.3 Å². The first-order valence-electron chi connectivity index (χ1n) is 7.06. The van der Waals surface area contributed by atoms with Crippen LogP contribution in [0.2, 0.25) is 0 Å². The number of hydrogen-bond acceptors (Lipinski definition) is 4. The molecule has 0 N–H and O–H groups in total. The highest BCUT2D eigenvalue weighted by Crippen LogP contribution is 2.29. The maximum Gasteiger partial charge on any atom is 0.140 e. The monoisotopic (exact) mass is 300 g/mol. The Morgan fingerprint density at radius 3 is 2.38 bits per heavy atom. The van der Waals surface area contributed by atoms with E-state index in [0.29, 0.717) is 11.5 Å². The Kier molecular flexibility index (Phi) is 4.64. The number of ether oxygens (including phenoxy) is 1. The first kappa shape index (κ1) is 15.5. The van der Waals surface area contributed by atoms with Gasteiger partial charge in [0.1, 0.15) is 28.3 Å².